The minimum Gasteiger partial charge on any atom is -0.494 e. The molecule has 0 aliphatic carbocycles. The van der Waals surface area contributed by atoms with Crippen LogP contribution in [-0.4, -0.2) is 30.4 Å². The number of nitro groups is 1. The van der Waals surface area contributed by atoms with Crippen molar-refractivity contribution in [1.82, 2.24) is 0 Å². The van der Waals surface area contributed by atoms with Crippen molar-refractivity contribution < 1.29 is 14.5 Å². The van der Waals surface area contributed by atoms with Crippen molar-refractivity contribution in [3.05, 3.63) is 63.7 Å². The smallest absolute Gasteiger partial charge is 0.270 e. The first kappa shape index (κ1) is 17.0. The van der Waals surface area contributed by atoms with Gasteiger partial charge in [0.2, 0.25) is 0 Å². The van der Waals surface area contributed by atoms with Crippen LogP contribution in [0.4, 0.5) is 11.4 Å². The van der Waals surface area contributed by atoms with Gasteiger partial charge in [-0.3, -0.25) is 14.9 Å². The lowest BCUT2D eigenvalue weighted by molar-refractivity contribution is -0.384. The first-order valence-corrected chi connectivity index (χ1v) is 8.41. The first-order chi connectivity index (χ1) is 12.1. The Kier molecular flexibility index (Phi) is 4.97. The molecule has 0 spiro atoms. The van der Waals surface area contributed by atoms with E-state index in [1.54, 1.807) is 30.3 Å². The third-order valence-corrected chi connectivity index (χ3v) is 4.31. The Balaban J connectivity index is 1.98. The lowest BCUT2D eigenvalue weighted by Crippen LogP contribution is -2.21. The van der Waals surface area contributed by atoms with Crippen molar-refractivity contribution in [2.45, 2.75) is 19.8 Å². The van der Waals surface area contributed by atoms with E-state index in [4.69, 9.17) is 4.74 Å². The van der Waals surface area contributed by atoms with E-state index in [1.807, 2.05) is 6.92 Å². The molecule has 6 nitrogen and oxygen atoms in total. The number of ketones is 1. The Labute approximate surface area is 146 Å². The van der Waals surface area contributed by atoms with Crippen LogP contribution in [0.1, 0.15) is 35.7 Å². The number of nitro benzene ring substituents is 1. The number of benzene rings is 2. The number of hydrogen-bond donors (Lipinski definition) is 0. The van der Waals surface area contributed by atoms with Gasteiger partial charge < -0.3 is 9.64 Å². The molecule has 0 aromatic heterocycles. The average molecular weight is 340 g/mol. The highest BCUT2D eigenvalue weighted by Crippen LogP contribution is 2.30. The van der Waals surface area contributed by atoms with Gasteiger partial charge in [0.1, 0.15) is 5.75 Å². The second-order valence-electron chi connectivity index (χ2n) is 5.94. The van der Waals surface area contributed by atoms with Gasteiger partial charge in [-0.25, -0.2) is 0 Å². The Bertz CT molecular complexity index is 781. The molecule has 0 N–H and O–H groups in total. The standard InChI is InChI=1S/C19H20N2O4/c1-2-25-16-8-5-14(6-9-16)19(22)17-13-15(21(23)24)7-10-18(17)20-11-3-4-12-20/h5-10,13H,2-4,11-12H2,1H3. The topological polar surface area (TPSA) is 72.7 Å². The van der Waals surface area contributed by atoms with E-state index >= 15 is 0 Å². The molecule has 0 atom stereocenters. The molecule has 1 saturated heterocycles. The molecule has 0 radical (unpaired) electrons. The van der Waals surface area contributed by atoms with Crippen molar-refractivity contribution >= 4 is 17.2 Å². The van der Waals surface area contributed by atoms with Crippen molar-refractivity contribution in [3.8, 4) is 5.75 Å². The van der Waals surface area contributed by atoms with Gasteiger partial charge in [-0.1, -0.05) is 0 Å². The van der Waals surface area contributed by atoms with Gasteiger partial charge in [-0.05, 0) is 50.1 Å². The second-order valence-corrected chi connectivity index (χ2v) is 5.94. The van der Waals surface area contributed by atoms with Gasteiger partial charge in [-0.15, -0.1) is 0 Å². The molecule has 0 saturated carbocycles. The van der Waals surface area contributed by atoms with E-state index in [0.717, 1.165) is 31.6 Å². The van der Waals surface area contributed by atoms with Gasteiger partial charge in [0.15, 0.2) is 5.78 Å². The number of anilines is 1. The van der Waals surface area contributed by atoms with Crippen molar-refractivity contribution in [1.29, 1.82) is 0 Å². The van der Waals surface area contributed by atoms with E-state index < -0.39 is 4.92 Å². The van der Waals surface area contributed by atoms with Gasteiger partial charge >= 0.3 is 0 Å². The summed E-state index contributed by atoms with van der Waals surface area (Å²) >= 11 is 0. The molecule has 2 aromatic rings. The summed E-state index contributed by atoms with van der Waals surface area (Å²) in [4.78, 5) is 25.8. The predicted molar refractivity (Wildman–Crippen MR) is 95.6 cm³/mol. The van der Waals surface area contributed by atoms with E-state index in [0.29, 0.717) is 23.5 Å². The largest absolute Gasteiger partial charge is 0.494 e. The average Bonchev–Trinajstić information content (AvgIpc) is 3.16. The number of hydrogen-bond acceptors (Lipinski definition) is 5. The second kappa shape index (κ2) is 7.34. The number of nitrogens with zero attached hydrogens (tertiary/aromatic N) is 2. The van der Waals surface area contributed by atoms with Crippen molar-refractivity contribution in [2.24, 2.45) is 0 Å². The molecule has 0 unspecified atom stereocenters. The maximum atomic E-state index is 13.0. The molecule has 1 heterocycles. The Morgan fingerprint density at radius 2 is 1.84 bits per heavy atom. The first-order valence-electron chi connectivity index (χ1n) is 8.41. The van der Waals surface area contributed by atoms with Crippen LogP contribution in [0.3, 0.4) is 0 Å². The predicted octanol–water partition coefficient (Wildman–Crippen LogP) is 3.82. The zero-order chi connectivity index (χ0) is 17.8. The van der Waals surface area contributed by atoms with Crippen molar-refractivity contribution in [2.75, 3.05) is 24.6 Å². The highest BCUT2D eigenvalue weighted by Gasteiger charge is 2.23. The minimum atomic E-state index is -0.470. The third-order valence-electron chi connectivity index (χ3n) is 4.31. The molecule has 130 valence electrons. The number of ether oxygens (including phenoxy) is 1. The van der Waals surface area contributed by atoms with E-state index in [1.165, 1.54) is 12.1 Å². The van der Waals surface area contributed by atoms with Crippen LogP contribution in [0.25, 0.3) is 0 Å². The quantitative estimate of drug-likeness (QED) is 0.454. The van der Waals surface area contributed by atoms with Crippen LogP contribution in [0.5, 0.6) is 5.75 Å². The normalized spacial score (nSPS) is 13.7. The van der Waals surface area contributed by atoms with Crippen LogP contribution < -0.4 is 9.64 Å². The summed E-state index contributed by atoms with van der Waals surface area (Å²) in [7, 11) is 0. The Hall–Kier alpha value is -2.89. The zero-order valence-corrected chi connectivity index (χ0v) is 14.1. The molecule has 6 heteroatoms. The fourth-order valence-electron chi connectivity index (χ4n) is 3.08. The van der Waals surface area contributed by atoms with Crippen LogP contribution in [0, 0.1) is 10.1 Å². The molecule has 3 rings (SSSR count). The molecular formula is C19H20N2O4. The number of carbonyl (C=O) groups is 1. The van der Waals surface area contributed by atoms with Gasteiger partial charge in [0.25, 0.3) is 5.69 Å². The van der Waals surface area contributed by atoms with Gasteiger partial charge in [-0.2, -0.15) is 0 Å². The SMILES string of the molecule is CCOc1ccc(C(=O)c2cc([N+](=O)[O-])ccc2N2CCCC2)cc1. The molecule has 1 aliphatic rings. The number of non-ortho nitro benzene ring substituents is 1. The maximum absolute atomic E-state index is 13.0. The van der Waals surface area contributed by atoms with Gasteiger partial charge in [0.05, 0.1) is 17.1 Å². The van der Waals surface area contributed by atoms with Gasteiger partial charge in [0, 0.05) is 36.5 Å². The highest BCUT2D eigenvalue weighted by atomic mass is 16.6. The third kappa shape index (κ3) is 3.63. The lowest BCUT2D eigenvalue weighted by Gasteiger charge is -2.20. The summed E-state index contributed by atoms with van der Waals surface area (Å²) in [5, 5.41) is 11.1. The summed E-state index contributed by atoms with van der Waals surface area (Å²) in [5.74, 6) is 0.478. The molecular weight excluding hydrogens is 320 g/mol. The molecule has 25 heavy (non-hydrogen) atoms. The van der Waals surface area contributed by atoms with E-state index in [-0.39, 0.29) is 11.5 Å². The van der Waals surface area contributed by atoms with E-state index in [9.17, 15) is 14.9 Å². The number of carbonyl (C=O) groups excluding carboxylic acids is 1. The lowest BCUT2D eigenvalue weighted by atomic mass is 10.00. The van der Waals surface area contributed by atoms with Crippen LogP contribution in [0.15, 0.2) is 42.5 Å². The van der Waals surface area contributed by atoms with Crippen LogP contribution in [-0.2, 0) is 0 Å². The fourth-order valence-corrected chi connectivity index (χ4v) is 3.08. The molecule has 2 aromatic carbocycles. The molecule has 0 amide bonds. The minimum absolute atomic E-state index is 0.0720. The summed E-state index contributed by atoms with van der Waals surface area (Å²) in [6.45, 7) is 4.17. The summed E-state index contributed by atoms with van der Waals surface area (Å²) < 4.78 is 5.39. The van der Waals surface area contributed by atoms with Crippen LogP contribution >= 0.6 is 0 Å². The molecule has 0 bridgehead atoms. The Morgan fingerprint density at radius 3 is 2.44 bits per heavy atom. The van der Waals surface area contributed by atoms with E-state index in [2.05, 4.69) is 4.90 Å². The Morgan fingerprint density at radius 1 is 1.16 bits per heavy atom. The number of rotatable bonds is 6. The summed E-state index contributed by atoms with van der Waals surface area (Å²) in [5.41, 5.74) is 1.56. The fraction of sp³-hybridized carbons (Fsp3) is 0.316. The van der Waals surface area contributed by atoms with Crippen LogP contribution in [0.2, 0.25) is 0 Å². The molecule has 1 aliphatic heterocycles. The zero-order valence-electron chi connectivity index (χ0n) is 14.1. The maximum Gasteiger partial charge on any atom is 0.270 e. The van der Waals surface area contributed by atoms with Crippen molar-refractivity contribution in [3.63, 3.8) is 0 Å². The summed E-state index contributed by atoms with van der Waals surface area (Å²) in [6.07, 6.45) is 2.13. The molecule has 1 fully saturated rings. The summed E-state index contributed by atoms with van der Waals surface area (Å²) in [6, 6.07) is 11.4. The monoisotopic (exact) mass is 340 g/mol. The highest BCUT2D eigenvalue weighted by molar-refractivity contribution is 6.12.